The molecule has 0 aromatic heterocycles. The second-order valence-electron chi connectivity index (χ2n) is 4.22. The summed E-state index contributed by atoms with van der Waals surface area (Å²) in [5.41, 5.74) is 1.15. The van der Waals surface area contributed by atoms with Gasteiger partial charge in [0, 0.05) is 18.7 Å². The first kappa shape index (κ1) is 13.0. The molecule has 0 aliphatic rings. The van der Waals surface area contributed by atoms with Crippen LogP contribution in [0, 0.1) is 5.82 Å². The van der Waals surface area contributed by atoms with E-state index < -0.39 is 6.10 Å². The highest BCUT2D eigenvalue weighted by Crippen LogP contribution is 2.30. The van der Waals surface area contributed by atoms with Gasteiger partial charge in [-0.2, -0.15) is 0 Å². The number of aliphatic hydroxyl groups excluding tert-OH is 1. The van der Waals surface area contributed by atoms with Crippen LogP contribution >= 0.6 is 0 Å². The summed E-state index contributed by atoms with van der Waals surface area (Å²) < 4.78 is 13.8. The van der Waals surface area contributed by atoms with E-state index in [1.165, 1.54) is 6.07 Å². The lowest BCUT2D eigenvalue weighted by atomic mass is 10.1. The summed E-state index contributed by atoms with van der Waals surface area (Å²) in [7, 11) is 1.86. The van der Waals surface area contributed by atoms with Crippen molar-refractivity contribution in [3.63, 3.8) is 0 Å². The van der Waals surface area contributed by atoms with Gasteiger partial charge in [-0.05, 0) is 26.3 Å². The Hall–Kier alpha value is -1.09. The van der Waals surface area contributed by atoms with E-state index in [4.69, 9.17) is 0 Å². The summed E-state index contributed by atoms with van der Waals surface area (Å²) in [6.45, 7) is 5.76. The van der Waals surface area contributed by atoms with E-state index in [1.807, 2.05) is 18.9 Å². The highest BCUT2D eigenvalue weighted by molar-refractivity contribution is 5.55. The van der Waals surface area contributed by atoms with Crippen molar-refractivity contribution in [3.05, 3.63) is 29.6 Å². The number of para-hydroxylation sites is 1. The molecule has 1 rings (SSSR count). The van der Waals surface area contributed by atoms with E-state index in [2.05, 4.69) is 6.92 Å². The molecule has 90 valence electrons. The van der Waals surface area contributed by atoms with Gasteiger partial charge in [-0.25, -0.2) is 4.39 Å². The molecular weight excluding hydrogens is 205 g/mol. The maximum Gasteiger partial charge on any atom is 0.146 e. The van der Waals surface area contributed by atoms with Gasteiger partial charge < -0.3 is 10.0 Å². The second kappa shape index (κ2) is 5.30. The maximum absolute atomic E-state index is 13.8. The third-order valence-electron chi connectivity index (χ3n) is 3.07. The fraction of sp³-hybridized carbons (Fsp3) is 0.538. The molecule has 1 aromatic carbocycles. The van der Waals surface area contributed by atoms with Crippen LogP contribution in [0.25, 0.3) is 0 Å². The lowest BCUT2D eigenvalue weighted by Gasteiger charge is -2.29. The van der Waals surface area contributed by atoms with Gasteiger partial charge in [0.05, 0.1) is 11.8 Å². The molecule has 0 aliphatic carbocycles. The highest BCUT2D eigenvalue weighted by atomic mass is 19.1. The Morgan fingerprint density at radius 2 is 2.00 bits per heavy atom. The van der Waals surface area contributed by atoms with Crippen molar-refractivity contribution >= 4 is 5.69 Å². The normalized spacial score (nSPS) is 14.6. The van der Waals surface area contributed by atoms with Gasteiger partial charge in [-0.1, -0.05) is 19.1 Å². The SMILES string of the molecule is CCC(C)N(C)c1c(F)cccc1[C@@H](C)O. The highest BCUT2D eigenvalue weighted by Gasteiger charge is 2.18. The van der Waals surface area contributed by atoms with Crippen molar-refractivity contribution in [1.82, 2.24) is 0 Å². The molecule has 0 fully saturated rings. The molecule has 0 radical (unpaired) electrons. The Morgan fingerprint density at radius 1 is 1.38 bits per heavy atom. The first-order valence-electron chi connectivity index (χ1n) is 5.68. The molecule has 0 heterocycles. The molecular formula is C13H20FNO. The van der Waals surface area contributed by atoms with Crippen LogP contribution in [0.5, 0.6) is 0 Å². The molecule has 2 atom stereocenters. The Bertz CT molecular complexity index is 352. The van der Waals surface area contributed by atoms with Gasteiger partial charge >= 0.3 is 0 Å². The number of benzene rings is 1. The van der Waals surface area contributed by atoms with E-state index in [1.54, 1.807) is 19.1 Å². The molecule has 0 spiro atoms. The van der Waals surface area contributed by atoms with Crippen LogP contribution in [0.2, 0.25) is 0 Å². The third-order valence-corrected chi connectivity index (χ3v) is 3.07. The first-order chi connectivity index (χ1) is 7.49. The van der Waals surface area contributed by atoms with Gasteiger partial charge in [0.15, 0.2) is 0 Å². The summed E-state index contributed by atoms with van der Waals surface area (Å²) in [6.07, 6.45) is 0.279. The summed E-state index contributed by atoms with van der Waals surface area (Å²) in [5.74, 6) is -0.277. The predicted octanol–water partition coefficient (Wildman–Crippen LogP) is 3.11. The number of rotatable bonds is 4. The molecule has 16 heavy (non-hydrogen) atoms. The molecule has 0 saturated heterocycles. The molecule has 0 bridgehead atoms. The summed E-state index contributed by atoms with van der Waals surface area (Å²) in [4.78, 5) is 1.89. The molecule has 1 aromatic rings. The standard InChI is InChI=1S/C13H20FNO/c1-5-9(2)15(4)13-11(10(3)16)7-6-8-12(13)14/h6-10,16H,5H2,1-4H3/t9?,10-/m1/s1. The zero-order valence-corrected chi connectivity index (χ0v) is 10.4. The van der Waals surface area contributed by atoms with E-state index >= 15 is 0 Å². The van der Waals surface area contributed by atoms with Crippen LogP contribution in [0.1, 0.15) is 38.9 Å². The minimum absolute atomic E-state index is 0.245. The number of halogens is 1. The fourth-order valence-electron chi connectivity index (χ4n) is 1.74. The Labute approximate surface area is 96.7 Å². The van der Waals surface area contributed by atoms with Crippen LogP contribution in [0.15, 0.2) is 18.2 Å². The number of hydrogen-bond acceptors (Lipinski definition) is 2. The molecule has 3 heteroatoms. The van der Waals surface area contributed by atoms with Crippen molar-refractivity contribution < 1.29 is 9.50 Å². The van der Waals surface area contributed by atoms with E-state index in [-0.39, 0.29) is 11.9 Å². The number of aliphatic hydroxyl groups is 1. The Morgan fingerprint density at radius 3 is 2.50 bits per heavy atom. The van der Waals surface area contributed by atoms with Crippen LogP contribution in [-0.4, -0.2) is 18.2 Å². The van der Waals surface area contributed by atoms with Gasteiger partial charge in [-0.15, -0.1) is 0 Å². The van der Waals surface area contributed by atoms with Crippen LogP contribution in [-0.2, 0) is 0 Å². The van der Waals surface area contributed by atoms with Crippen molar-refractivity contribution in [2.45, 2.75) is 39.3 Å². The van der Waals surface area contributed by atoms with Gasteiger partial charge in [0.25, 0.3) is 0 Å². The summed E-state index contributed by atoms with van der Waals surface area (Å²) in [5, 5.41) is 9.64. The zero-order valence-electron chi connectivity index (χ0n) is 10.4. The molecule has 2 nitrogen and oxygen atoms in total. The summed E-state index contributed by atoms with van der Waals surface area (Å²) in [6, 6.07) is 5.07. The van der Waals surface area contributed by atoms with Crippen molar-refractivity contribution in [2.24, 2.45) is 0 Å². The molecule has 1 unspecified atom stereocenters. The average molecular weight is 225 g/mol. The minimum atomic E-state index is -0.655. The average Bonchev–Trinajstić information content (AvgIpc) is 2.26. The smallest absolute Gasteiger partial charge is 0.146 e. The van der Waals surface area contributed by atoms with Crippen molar-refractivity contribution in [1.29, 1.82) is 0 Å². The topological polar surface area (TPSA) is 23.5 Å². The van der Waals surface area contributed by atoms with E-state index in [0.717, 1.165) is 6.42 Å². The number of anilines is 1. The number of hydrogen-bond donors (Lipinski definition) is 1. The maximum atomic E-state index is 13.8. The quantitative estimate of drug-likeness (QED) is 0.851. The first-order valence-corrected chi connectivity index (χ1v) is 5.68. The lowest BCUT2D eigenvalue weighted by Crippen LogP contribution is -2.30. The molecule has 0 aliphatic heterocycles. The predicted molar refractivity (Wildman–Crippen MR) is 65.2 cm³/mol. The van der Waals surface area contributed by atoms with Gasteiger partial charge in [0.1, 0.15) is 5.82 Å². The Kier molecular flexibility index (Phi) is 4.30. The third kappa shape index (κ3) is 2.53. The largest absolute Gasteiger partial charge is 0.389 e. The van der Waals surface area contributed by atoms with Crippen molar-refractivity contribution in [3.8, 4) is 0 Å². The van der Waals surface area contributed by atoms with Crippen molar-refractivity contribution in [2.75, 3.05) is 11.9 Å². The monoisotopic (exact) mass is 225 g/mol. The molecule has 1 N–H and O–H groups in total. The van der Waals surface area contributed by atoms with Gasteiger partial charge in [0.2, 0.25) is 0 Å². The number of nitrogens with zero attached hydrogens (tertiary/aromatic N) is 1. The zero-order chi connectivity index (χ0) is 12.3. The lowest BCUT2D eigenvalue weighted by molar-refractivity contribution is 0.199. The van der Waals surface area contributed by atoms with Crippen LogP contribution < -0.4 is 4.90 Å². The molecule has 0 saturated carbocycles. The minimum Gasteiger partial charge on any atom is -0.389 e. The van der Waals surface area contributed by atoms with Gasteiger partial charge in [-0.3, -0.25) is 0 Å². The Balaban J connectivity index is 3.19. The van der Waals surface area contributed by atoms with Crippen LogP contribution in [0.3, 0.4) is 0 Å². The second-order valence-corrected chi connectivity index (χ2v) is 4.22. The van der Waals surface area contributed by atoms with E-state index in [9.17, 15) is 9.50 Å². The fourth-order valence-corrected chi connectivity index (χ4v) is 1.74. The molecule has 0 amide bonds. The van der Waals surface area contributed by atoms with Crippen LogP contribution in [0.4, 0.5) is 10.1 Å². The van der Waals surface area contributed by atoms with E-state index in [0.29, 0.717) is 11.3 Å². The summed E-state index contributed by atoms with van der Waals surface area (Å²) >= 11 is 0.